The summed E-state index contributed by atoms with van der Waals surface area (Å²) in [6.45, 7) is 3.70. The van der Waals surface area contributed by atoms with Crippen molar-refractivity contribution in [2.45, 2.75) is 38.8 Å². The number of ether oxygens (including phenoxy) is 1. The van der Waals surface area contributed by atoms with Crippen LogP contribution in [0.25, 0.3) is 0 Å². The molecule has 1 aromatic rings. The van der Waals surface area contributed by atoms with Crippen LogP contribution in [0.4, 0.5) is 4.79 Å². The molecule has 2 N–H and O–H groups in total. The van der Waals surface area contributed by atoms with Gasteiger partial charge in [-0.05, 0) is 37.3 Å². The standard InChI is InChI=1S/C19H25N3O4/c1-13(26-18(24)15-7-9-21(10-8-15)19(20)25)17(23)22-11-6-14-4-2-3-5-16(14)12-22/h2-5,13,15H,6-12H2,1H3,(H2,20,25)/t13-/m1/s1. The van der Waals surface area contributed by atoms with Crippen molar-refractivity contribution in [2.75, 3.05) is 19.6 Å². The first-order chi connectivity index (χ1) is 12.5. The summed E-state index contributed by atoms with van der Waals surface area (Å²) in [7, 11) is 0. The summed E-state index contributed by atoms with van der Waals surface area (Å²) in [5, 5.41) is 0. The van der Waals surface area contributed by atoms with Crippen molar-refractivity contribution >= 4 is 17.9 Å². The normalized spacial score (nSPS) is 18.8. The molecule has 7 heteroatoms. The highest BCUT2D eigenvalue weighted by Gasteiger charge is 2.31. The lowest BCUT2D eigenvalue weighted by Gasteiger charge is -2.32. The number of piperidine rings is 1. The Morgan fingerprint density at radius 1 is 1.08 bits per heavy atom. The van der Waals surface area contributed by atoms with Gasteiger partial charge in [-0.25, -0.2) is 4.79 Å². The van der Waals surface area contributed by atoms with Crippen LogP contribution >= 0.6 is 0 Å². The maximum Gasteiger partial charge on any atom is 0.314 e. The molecule has 0 aromatic heterocycles. The largest absolute Gasteiger partial charge is 0.452 e. The molecule has 1 saturated heterocycles. The number of nitrogens with zero attached hydrogens (tertiary/aromatic N) is 2. The van der Waals surface area contributed by atoms with E-state index in [-0.39, 0.29) is 17.8 Å². The van der Waals surface area contributed by atoms with Gasteiger partial charge in [0.1, 0.15) is 0 Å². The summed E-state index contributed by atoms with van der Waals surface area (Å²) < 4.78 is 5.42. The molecule has 0 saturated carbocycles. The highest BCUT2D eigenvalue weighted by molar-refractivity contribution is 5.84. The van der Waals surface area contributed by atoms with Crippen molar-refractivity contribution in [1.82, 2.24) is 9.80 Å². The number of hydrogen-bond donors (Lipinski definition) is 1. The SMILES string of the molecule is C[C@@H](OC(=O)C1CCN(C(N)=O)CC1)C(=O)N1CCc2ccccc2C1. The second kappa shape index (κ2) is 7.76. The maximum absolute atomic E-state index is 12.6. The molecule has 3 amide bonds. The van der Waals surface area contributed by atoms with E-state index >= 15 is 0 Å². The number of rotatable bonds is 3. The van der Waals surface area contributed by atoms with Gasteiger partial charge in [-0.2, -0.15) is 0 Å². The van der Waals surface area contributed by atoms with Crippen LogP contribution < -0.4 is 5.73 Å². The smallest absolute Gasteiger partial charge is 0.314 e. The number of carbonyl (C=O) groups excluding carboxylic acids is 3. The maximum atomic E-state index is 12.6. The van der Waals surface area contributed by atoms with E-state index in [0.717, 1.165) is 12.0 Å². The molecule has 0 unspecified atom stereocenters. The minimum Gasteiger partial charge on any atom is -0.452 e. The summed E-state index contributed by atoms with van der Waals surface area (Å²) in [5.41, 5.74) is 7.66. The number of esters is 1. The predicted octanol–water partition coefficient (Wildman–Crippen LogP) is 1.29. The van der Waals surface area contributed by atoms with Gasteiger partial charge in [0, 0.05) is 26.2 Å². The zero-order chi connectivity index (χ0) is 18.7. The zero-order valence-corrected chi connectivity index (χ0v) is 15.0. The van der Waals surface area contributed by atoms with Crippen molar-refractivity contribution in [1.29, 1.82) is 0 Å². The van der Waals surface area contributed by atoms with Crippen molar-refractivity contribution in [2.24, 2.45) is 11.7 Å². The van der Waals surface area contributed by atoms with Gasteiger partial charge < -0.3 is 20.3 Å². The first-order valence-electron chi connectivity index (χ1n) is 9.06. The van der Waals surface area contributed by atoms with Gasteiger partial charge >= 0.3 is 12.0 Å². The Kier molecular flexibility index (Phi) is 5.44. The van der Waals surface area contributed by atoms with E-state index in [1.54, 1.807) is 11.8 Å². The number of nitrogens with two attached hydrogens (primary N) is 1. The van der Waals surface area contributed by atoms with Crippen LogP contribution in [0, 0.1) is 5.92 Å². The van der Waals surface area contributed by atoms with Crippen molar-refractivity contribution in [3.05, 3.63) is 35.4 Å². The Morgan fingerprint density at radius 3 is 2.38 bits per heavy atom. The van der Waals surface area contributed by atoms with E-state index in [2.05, 4.69) is 6.07 Å². The second-order valence-electron chi connectivity index (χ2n) is 6.96. The first kappa shape index (κ1) is 18.2. The average Bonchev–Trinajstić information content (AvgIpc) is 2.67. The van der Waals surface area contributed by atoms with Crippen LogP contribution in [-0.4, -0.2) is 53.4 Å². The number of fused-ring (bicyclic) bond motifs is 1. The number of benzene rings is 1. The lowest BCUT2D eigenvalue weighted by molar-refractivity contribution is -0.163. The molecule has 3 rings (SSSR count). The van der Waals surface area contributed by atoms with Crippen LogP contribution in [0.2, 0.25) is 0 Å². The van der Waals surface area contributed by atoms with Crippen LogP contribution in [-0.2, 0) is 27.3 Å². The number of likely N-dealkylation sites (tertiary alicyclic amines) is 1. The van der Waals surface area contributed by atoms with Gasteiger partial charge in [-0.3, -0.25) is 9.59 Å². The van der Waals surface area contributed by atoms with E-state index in [4.69, 9.17) is 10.5 Å². The van der Waals surface area contributed by atoms with Crippen LogP contribution in [0.3, 0.4) is 0 Å². The second-order valence-corrected chi connectivity index (χ2v) is 6.96. The van der Waals surface area contributed by atoms with Crippen LogP contribution in [0.15, 0.2) is 24.3 Å². The molecule has 26 heavy (non-hydrogen) atoms. The molecule has 2 aliphatic rings. The van der Waals surface area contributed by atoms with E-state index in [1.807, 2.05) is 18.2 Å². The minimum atomic E-state index is -0.804. The number of urea groups is 1. The third-order valence-corrected chi connectivity index (χ3v) is 5.22. The monoisotopic (exact) mass is 359 g/mol. The number of carbonyl (C=O) groups is 3. The van der Waals surface area contributed by atoms with Crippen molar-refractivity contribution in [3.63, 3.8) is 0 Å². The highest BCUT2D eigenvalue weighted by Crippen LogP contribution is 2.22. The van der Waals surface area contributed by atoms with Crippen molar-refractivity contribution in [3.8, 4) is 0 Å². The van der Waals surface area contributed by atoms with Crippen molar-refractivity contribution < 1.29 is 19.1 Å². The molecule has 0 bridgehead atoms. The Balaban J connectivity index is 1.52. The van der Waals surface area contributed by atoms with Gasteiger partial charge in [0.05, 0.1) is 5.92 Å². The van der Waals surface area contributed by atoms with Gasteiger partial charge in [-0.15, -0.1) is 0 Å². The van der Waals surface area contributed by atoms with E-state index in [9.17, 15) is 14.4 Å². The van der Waals surface area contributed by atoms with Gasteiger partial charge in [0.25, 0.3) is 5.91 Å². The van der Waals surface area contributed by atoms with Gasteiger partial charge in [-0.1, -0.05) is 24.3 Å². The summed E-state index contributed by atoms with van der Waals surface area (Å²) in [5.74, 6) is -0.822. The number of primary amides is 1. The Hall–Kier alpha value is -2.57. The summed E-state index contributed by atoms with van der Waals surface area (Å²) in [6, 6.07) is 7.61. The van der Waals surface area contributed by atoms with Crippen LogP contribution in [0.1, 0.15) is 30.9 Å². The summed E-state index contributed by atoms with van der Waals surface area (Å²) in [4.78, 5) is 39.4. The topological polar surface area (TPSA) is 92.9 Å². The predicted molar refractivity (Wildman–Crippen MR) is 95.0 cm³/mol. The molecule has 0 spiro atoms. The molecule has 140 valence electrons. The molecular formula is C19H25N3O4. The molecular weight excluding hydrogens is 334 g/mol. The Labute approximate surface area is 153 Å². The molecule has 0 aliphatic carbocycles. The fourth-order valence-electron chi connectivity index (χ4n) is 3.60. The van der Waals surface area contributed by atoms with Crippen LogP contribution in [0.5, 0.6) is 0 Å². The molecule has 1 atom stereocenters. The number of hydrogen-bond acceptors (Lipinski definition) is 4. The fraction of sp³-hybridized carbons (Fsp3) is 0.526. The fourth-order valence-corrected chi connectivity index (χ4v) is 3.60. The molecule has 1 fully saturated rings. The molecule has 1 aromatic carbocycles. The molecule has 7 nitrogen and oxygen atoms in total. The number of amides is 3. The Morgan fingerprint density at radius 2 is 1.73 bits per heavy atom. The lowest BCUT2D eigenvalue weighted by atomic mass is 9.97. The molecule has 2 heterocycles. The third-order valence-electron chi connectivity index (χ3n) is 5.22. The van der Waals surface area contributed by atoms with E-state index in [0.29, 0.717) is 39.0 Å². The summed E-state index contributed by atoms with van der Waals surface area (Å²) in [6.07, 6.45) is 1.04. The Bertz CT molecular complexity index is 698. The molecule has 0 radical (unpaired) electrons. The van der Waals surface area contributed by atoms with E-state index < -0.39 is 12.1 Å². The molecule has 2 aliphatic heterocycles. The van der Waals surface area contributed by atoms with E-state index in [1.165, 1.54) is 10.5 Å². The summed E-state index contributed by atoms with van der Waals surface area (Å²) >= 11 is 0. The van der Waals surface area contributed by atoms with Gasteiger partial charge in [0.15, 0.2) is 6.10 Å². The average molecular weight is 359 g/mol. The lowest BCUT2D eigenvalue weighted by Crippen LogP contribution is -2.45. The quantitative estimate of drug-likeness (QED) is 0.823. The first-order valence-corrected chi connectivity index (χ1v) is 9.06. The highest BCUT2D eigenvalue weighted by atomic mass is 16.5. The zero-order valence-electron chi connectivity index (χ0n) is 15.0. The van der Waals surface area contributed by atoms with Gasteiger partial charge in [0.2, 0.25) is 0 Å². The minimum absolute atomic E-state index is 0.164. The third kappa shape index (κ3) is 3.98.